The van der Waals surface area contributed by atoms with E-state index in [0.29, 0.717) is 17.8 Å². The molecule has 20 heavy (non-hydrogen) atoms. The van der Waals surface area contributed by atoms with Crippen molar-refractivity contribution in [3.8, 4) is 0 Å². The number of thiazole rings is 1. The van der Waals surface area contributed by atoms with Crippen LogP contribution in [0.4, 0.5) is 10.5 Å². The van der Waals surface area contributed by atoms with Gasteiger partial charge in [-0.2, -0.15) is 0 Å². The Morgan fingerprint density at radius 2 is 2.10 bits per heavy atom. The summed E-state index contributed by atoms with van der Waals surface area (Å²) < 4.78 is 0. The van der Waals surface area contributed by atoms with Gasteiger partial charge in [0, 0.05) is 17.3 Å². The van der Waals surface area contributed by atoms with Gasteiger partial charge in [-0.1, -0.05) is 18.2 Å². The Kier molecular flexibility index (Phi) is 4.67. The molecule has 1 aromatic heterocycles. The van der Waals surface area contributed by atoms with Crippen LogP contribution in [0.1, 0.15) is 10.6 Å². The van der Waals surface area contributed by atoms with Gasteiger partial charge in [-0.3, -0.25) is 4.79 Å². The third-order valence-corrected chi connectivity index (χ3v) is 3.27. The van der Waals surface area contributed by atoms with E-state index in [1.54, 1.807) is 30.5 Å². The number of hydrogen-bond donors (Lipinski definition) is 3. The van der Waals surface area contributed by atoms with E-state index in [9.17, 15) is 9.59 Å². The molecule has 0 aliphatic carbocycles. The highest BCUT2D eigenvalue weighted by Gasteiger charge is 2.09. The molecule has 0 saturated carbocycles. The van der Waals surface area contributed by atoms with E-state index in [1.807, 2.05) is 5.38 Å². The van der Waals surface area contributed by atoms with Gasteiger partial charge >= 0.3 is 12.0 Å². The average molecular weight is 291 g/mol. The molecule has 1 aromatic carbocycles. The Balaban J connectivity index is 1.95. The molecule has 2 rings (SSSR count). The van der Waals surface area contributed by atoms with Gasteiger partial charge in [-0.25, -0.2) is 9.78 Å². The number of carbonyl (C=O) groups is 2. The predicted octanol–water partition coefficient (Wildman–Crippen LogP) is 2.09. The number of benzene rings is 1. The second-order valence-electron chi connectivity index (χ2n) is 3.96. The number of aromatic nitrogens is 1. The molecule has 7 heteroatoms. The smallest absolute Gasteiger partial charge is 0.319 e. The van der Waals surface area contributed by atoms with Gasteiger partial charge in [0.2, 0.25) is 0 Å². The first-order valence-electron chi connectivity index (χ1n) is 5.88. The zero-order valence-electron chi connectivity index (χ0n) is 10.5. The summed E-state index contributed by atoms with van der Waals surface area (Å²) in [5.41, 5.74) is 1.05. The Morgan fingerprint density at radius 1 is 1.30 bits per heavy atom. The van der Waals surface area contributed by atoms with Crippen molar-refractivity contribution in [3.05, 3.63) is 46.4 Å². The topological polar surface area (TPSA) is 91.3 Å². The van der Waals surface area contributed by atoms with Crippen LogP contribution in [-0.4, -0.2) is 22.1 Å². The quantitative estimate of drug-likeness (QED) is 0.786. The van der Waals surface area contributed by atoms with Crippen LogP contribution in [0.25, 0.3) is 0 Å². The largest absolute Gasteiger partial charge is 0.481 e. The van der Waals surface area contributed by atoms with Crippen molar-refractivity contribution >= 4 is 29.0 Å². The molecule has 0 atom stereocenters. The number of carbonyl (C=O) groups excluding carboxylic acids is 1. The van der Waals surface area contributed by atoms with Crippen LogP contribution in [0.2, 0.25) is 0 Å². The summed E-state index contributed by atoms with van der Waals surface area (Å²) in [6.45, 7) is 0.338. The lowest BCUT2D eigenvalue weighted by atomic mass is 10.1. The van der Waals surface area contributed by atoms with Crippen molar-refractivity contribution in [2.24, 2.45) is 0 Å². The molecule has 1 heterocycles. The minimum absolute atomic E-state index is 0.136. The molecule has 0 bridgehead atoms. The molecule has 2 amide bonds. The summed E-state index contributed by atoms with van der Waals surface area (Å²) >= 11 is 1.45. The van der Waals surface area contributed by atoms with Gasteiger partial charge in [0.15, 0.2) is 0 Å². The summed E-state index contributed by atoms with van der Waals surface area (Å²) in [5.74, 6) is -0.942. The van der Waals surface area contributed by atoms with E-state index in [-0.39, 0.29) is 6.42 Å². The van der Waals surface area contributed by atoms with Crippen molar-refractivity contribution in [2.75, 3.05) is 5.32 Å². The number of rotatable bonds is 5. The van der Waals surface area contributed by atoms with Gasteiger partial charge in [-0.05, 0) is 11.6 Å². The van der Waals surface area contributed by atoms with E-state index in [1.165, 1.54) is 11.3 Å². The van der Waals surface area contributed by atoms with Gasteiger partial charge in [-0.15, -0.1) is 11.3 Å². The number of para-hydroxylation sites is 1. The Morgan fingerprint density at radius 3 is 2.80 bits per heavy atom. The minimum atomic E-state index is -0.942. The van der Waals surface area contributed by atoms with Crippen molar-refractivity contribution in [2.45, 2.75) is 13.0 Å². The van der Waals surface area contributed by atoms with E-state index in [4.69, 9.17) is 5.11 Å². The lowest BCUT2D eigenvalue weighted by molar-refractivity contribution is -0.136. The number of amides is 2. The monoisotopic (exact) mass is 291 g/mol. The van der Waals surface area contributed by atoms with Crippen molar-refractivity contribution in [1.29, 1.82) is 0 Å². The number of carboxylic acids is 1. The summed E-state index contributed by atoms with van der Waals surface area (Å²) in [7, 11) is 0. The number of anilines is 1. The maximum atomic E-state index is 11.8. The van der Waals surface area contributed by atoms with Crippen molar-refractivity contribution in [1.82, 2.24) is 10.3 Å². The summed E-state index contributed by atoms with van der Waals surface area (Å²) in [6, 6.07) is 6.42. The number of nitrogens with one attached hydrogen (secondary N) is 2. The normalized spacial score (nSPS) is 10.0. The molecule has 0 fully saturated rings. The molecule has 0 radical (unpaired) electrons. The minimum Gasteiger partial charge on any atom is -0.481 e. The first kappa shape index (κ1) is 14.0. The first-order valence-corrected chi connectivity index (χ1v) is 6.76. The summed E-state index contributed by atoms with van der Waals surface area (Å²) in [5, 5.41) is 16.8. The molecule has 0 aliphatic rings. The second-order valence-corrected chi connectivity index (χ2v) is 4.94. The van der Waals surface area contributed by atoms with E-state index in [2.05, 4.69) is 15.6 Å². The van der Waals surface area contributed by atoms with Crippen LogP contribution in [0.3, 0.4) is 0 Å². The number of carboxylic acid groups (broad SMARTS) is 1. The highest BCUT2D eigenvalue weighted by Crippen LogP contribution is 2.15. The maximum absolute atomic E-state index is 11.8. The Hall–Kier alpha value is -2.41. The van der Waals surface area contributed by atoms with E-state index >= 15 is 0 Å². The van der Waals surface area contributed by atoms with Crippen LogP contribution < -0.4 is 10.6 Å². The molecular weight excluding hydrogens is 278 g/mol. The molecule has 6 nitrogen and oxygen atoms in total. The predicted molar refractivity (Wildman–Crippen MR) is 75.8 cm³/mol. The van der Waals surface area contributed by atoms with E-state index in [0.717, 1.165) is 5.01 Å². The fraction of sp³-hybridized carbons (Fsp3) is 0.154. The zero-order chi connectivity index (χ0) is 14.4. The molecule has 0 saturated heterocycles. The number of aliphatic carboxylic acids is 1. The first-order chi connectivity index (χ1) is 9.65. The molecule has 104 valence electrons. The van der Waals surface area contributed by atoms with Gasteiger partial charge in [0.1, 0.15) is 5.01 Å². The van der Waals surface area contributed by atoms with Crippen molar-refractivity contribution < 1.29 is 14.7 Å². The lowest BCUT2D eigenvalue weighted by Crippen LogP contribution is -2.28. The highest BCUT2D eigenvalue weighted by molar-refractivity contribution is 7.09. The average Bonchev–Trinajstić information content (AvgIpc) is 2.91. The van der Waals surface area contributed by atoms with E-state index < -0.39 is 12.0 Å². The summed E-state index contributed by atoms with van der Waals surface area (Å²) in [6.07, 6.45) is 1.53. The van der Waals surface area contributed by atoms with Crippen molar-refractivity contribution in [3.63, 3.8) is 0 Å². The van der Waals surface area contributed by atoms with Gasteiger partial charge < -0.3 is 15.7 Å². The third-order valence-electron chi connectivity index (χ3n) is 2.49. The molecule has 3 N–H and O–H groups in total. The van der Waals surface area contributed by atoms with Crippen LogP contribution in [0.5, 0.6) is 0 Å². The van der Waals surface area contributed by atoms with Gasteiger partial charge in [0.25, 0.3) is 0 Å². The number of urea groups is 1. The fourth-order valence-corrected chi connectivity index (χ4v) is 2.18. The molecular formula is C13H13N3O3S. The fourth-order valence-electron chi connectivity index (χ4n) is 1.62. The third kappa shape index (κ3) is 4.06. The van der Waals surface area contributed by atoms with Crippen LogP contribution in [-0.2, 0) is 17.8 Å². The maximum Gasteiger partial charge on any atom is 0.319 e. The Labute approximate surface area is 119 Å². The lowest BCUT2D eigenvalue weighted by Gasteiger charge is -2.10. The summed E-state index contributed by atoms with van der Waals surface area (Å²) in [4.78, 5) is 26.6. The number of nitrogens with zero attached hydrogens (tertiary/aromatic N) is 1. The van der Waals surface area contributed by atoms with Crippen LogP contribution in [0, 0.1) is 0 Å². The molecule has 0 unspecified atom stereocenters. The zero-order valence-corrected chi connectivity index (χ0v) is 11.3. The highest BCUT2D eigenvalue weighted by atomic mass is 32.1. The SMILES string of the molecule is O=C(O)Cc1ccccc1NC(=O)NCc1nccs1. The van der Waals surface area contributed by atoms with Gasteiger partial charge in [0.05, 0.1) is 13.0 Å². The standard InChI is InChI=1S/C13H13N3O3S/c17-12(18)7-9-3-1-2-4-10(9)16-13(19)15-8-11-14-5-6-20-11/h1-6H,7-8H2,(H,17,18)(H2,15,16,19). The van der Waals surface area contributed by atoms with Crippen LogP contribution in [0.15, 0.2) is 35.8 Å². The second kappa shape index (κ2) is 6.67. The van der Waals surface area contributed by atoms with Crippen LogP contribution >= 0.6 is 11.3 Å². The molecule has 0 aliphatic heterocycles. The molecule has 0 spiro atoms. The molecule has 2 aromatic rings. The number of hydrogen-bond acceptors (Lipinski definition) is 4. The Bertz CT molecular complexity index is 599.